The highest BCUT2D eigenvalue weighted by molar-refractivity contribution is 5.52. The molecular weight excluding hydrogens is 240 g/mol. The molecule has 0 aliphatic rings. The molecule has 2 rings (SSSR count). The van der Waals surface area contributed by atoms with Crippen molar-refractivity contribution in [2.24, 2.45) is 0 Å². The van der Waals surface area contributed by atoms with Gasteiger partial charge in [-0.15, -0.1) is 0 Å². The molecule has 0 aliphatic heterocycles. The third kappa shape index (κ3) is 2.50. The lowest BCUT2D eigenvalue weighted by Gasteiger charge is -2.12. The van der Waals surface area contributed by atoms with Crippen molar-refractivity contribution < 1.29 is 15.3 Å². The third-order valence-corrected chi connectivity index (χ3v) is 3.39. The van der Waals surface area contributed by atoms with Crippen LogP contribution < -0.4 is 0 Å². The number of phenols is 3. The van der Waals surface area contributed by atoms with Crippen molar-refractivity contribution in [2.45, 2.75) is 27.2 Å². The van der Waals surface area contributed by atoms with Gasteiger partial charge in [0, 0.05) is 12.0 Å². The van der Waals surface area contributed by atoms with Gasteiger partial charge in [-0.2, -0.15) is 0 Å². The molecule has 0 amide bonds. The molecule has 0 heterocycles. The zero-order chi connectivity index (χ0) is 14.2. The van der Waals surface area contributed by atoms with E-state index in [1.807, 2.05) is 26.0 Å². The second-order valence-corrected chi connectivity index (χ2v) is 4.98. The Morgan fingerprint density at radius 3 is 2.21 bits per heavy atom. The van der Waals surface area contributed by atoms with Crippen LogP contribution in [0.3, 0.4) is 0 Å². The van der Waals surface area contributed by atoms with E-state index < -0.39 is 0 Å². The smallest absolute Gasteiger partial charge is 0.125 e. The van der Waals surface area contributed by atoms with Crippen LogP contribution in [-0.4, -0.2) is 15.3 Å². The van der Waals surface area contributed by atoms with Crippen LogP contribution in [0, 0.1) is 20.8 Å². The van der Waals surface area contributed by atoms with Crippen LogP contribution in [0.15, 0.2) is 24.3 Å². The average Bonchev–Trinajstić information content (AvgIpc) is 2.36. The monoisotopic (exact) mass is 258 g/mol. The van der Waals surface area contributed by atoms with E-state index in [0.29, 0.717) is 17.5 Å². The first-order chi connectivity index (χ1) is 8.90. The molecule has 0 saturated heterocycles. The molecule has 2 aromatic rings. The zero-order valence-electron chi connectivity index (χ0n) is 11.4. The molecule has 0 aliphatic carbocycles. The third-order valence-electron chi connectivity index (χ3n) is 3.39. The Kier molecular flexibility index (Phi) is 3.38. The van der Waals surface area contributed by atoms with Gasteiger partial charge in [0.2, 0.25) is 0 Å². The van der Waals surface area contributed by atoms with E-state index in [2.05, 4.69) is 0 Å². The molecular formula is C16H18O3. The number of aryl methyl sites for hydroxylation is 2. The van der Waals surface area contributed by atoms with Gasteiger partial charge in [-0.05, 0) is 43.5 Å². The Balaban J connectivity index is 2.45. The fraction of sp³-hybridized carbons (Fsp3) is 0.250. The predicted octanol–water partition coefficient (Wildman–Crippen LogP) is 3.32. The summed E-state index contributed by atoms with van der Waals surface area (Å²) in [4.78, 5) is 0. The number of phenolic OH excluding ortho intramolecular Hbond substituents is 3. The predicted molar refractivity (Wildman–Crippen MR) is 74.9 cm³/mol. The summed E-state index contributed by atoms with van der Waals surface area (Å²) in [6.45, 7) is 5.49. The maximum Gasteiger partial charge on any atom is 0.125 e. The van der Waals surface area contributed by atoms with Crippen LogP contribution in [0.1, 0.15) is 27.8 Å². The second kappa shape index (κ2) is 4.84. The summed E-state index contributed by atoms with van der Waals surface area (Å²) in [7, 11) is 0. The Morgan fingerprint density at radius 2 is 1.53 bits per heavy atom. The highest BCUT2D eigenvalue weighted by Crippen LogP contribution is 2.33. The van der Waals surface area contributed by atoms with E-state index >= 15 is 0 Å². The quantitative estimate of drug-likeness (QED) is 0.774. The summed E-state index contributed by atoms with van der Waals surface area (Å²) in [5.41, 5.74) is 3.82. The Labute approximate surface area is 112 Å². The Hall–Kier alpha value is -2.16. The molecule has 0 saturated carbocycles. The van der Waals surface area contributed by atoms with E-state index in [0.717, 1.165) is 16.7 Å². The first kappa shape index (κ1) is 13.3. The van der Waals surface area contributed by atoms with Gasteiger partial charge in [-0.3, -0.25) is 0 Å². The van der Waals surface area contributed by atoms with Gasteiger partial charge in [-0.1, -0.05) is 23.8 Å². The molecule has 0 aromatic heterocycles. The van der Waals surface area contributed by atoms with Gasteiger partial charge in [0.15, 0.2) is 0 Å². The maximum atomic E-state index is 10.1. The van der Waals surface area contributed by atoms with E-state index in [9.17, 15) is 15.3 Å². The van der Waals surface area contributed by atoms with Crippen LogP contribution in [0.25, 0.3) is 0 Å². The molecule has 2 aromatic carbocycles. The van der Waals surface area contributed by atoms with Crippen molar-refractivity contribution in [1.29, 1.82) is 0 Å². The van der Waals surface area contributed by atoms with E-state index in [1.165, 1.54) is 0 Å². The van der Waals surface area contributed by atoms with Gasteiger partial charge >= 0.3 is 0 Å². The largest absolute Gasteiger partial charge is 0.508 e. The van der Waals surface area contributed by atoms with Gasteiger partial charge in [0.1, 0.15) is 17.2 Å². The first-order valence-electron chi connectivity index (χ1n) is 6.19. The lowest BCUT2D eigenvalue weighted by molar-refractivity contribution is 0.438. The molecule has 0 unspecified atom stereocenters. The summed E-state index contributed by atoms with van der Waals surface area (Å²) in [5, 5.41) is 29.6. The minimum atomic E-state index is 0.0749. The van der Waals surface area contributed by atoms with E-state index in [4.69, 9.17) is 0 Å². The fourth-order valence-corrected chi connectivity index (χ4v) is 2.28. The molecule has 3 N–H and O–H groups in total. The average molecular weight is 258 g/mol. The van der Waals surface area contributed by atoms with Crippen LogP contribution in [0.5, 0.6) is 17.2 Å². The Bertz CT molecular complexity index is 630. The van der Waals surface area contributed by atoms with E-state index in [-0.39, 0.29) is 17.2 Å². The molecule has 100 valence electrons. The van der Waals surface area contributed by atoms with Crippen molar-refractivity contribution >= 4 is 0 Å². The van der Waals surface area contributed by atoms with Crippen LogP contribution in [0.4, 0.5) is 0 Å². The Morgan fingerprint density at radius 1 is 0.842 bits per heavy atom. The summed E-state index contributed by atoms with van der Waals surface area (Å²) in [5.74, 6) is 0.417. The minimum Gasteiger partial charge on any atom is -0.508 e. The summed E-state index contributed by atoms with van der Waals surface area (Å²) in [6.07, 6.45) is 0.432. The van der Waals surface area contributed by atoms with Crippen molar-refractivity contribution in [3.05, 3.63) is 52.1 Å². The van der Waals surface area contributed by atoms with Crippen molar-refractivity contribution in [3.8, 4) is 17.2 Å². The van der Waals surface area contributed by atoms with Gasteiger partial charge in [0.05, 0.1) is 0 Å². The first-order valence-corrected chi connectivity index (χ1v) is 6.19. The molecule has 3 heteroatoms. The molecule has 0 spiro atoms. The molecule has 19 heavy (non-hydrogen) atoms. The fourth-order valence-electron chi connectivity index (χ4n) is 2.28. The summed E-state index contributed by atoms with van der Waals surface area (Å²) < 4.78 is 0. The van der Waals surface area contributed by atoms with Gasteiger partial charge < -0.3 is 15.3 Å². The second-order valence-electron chi connectivity index (χ2n) is 4.98. The molecule has 0 bridgehead atoms. The van der Waals surface area contributed by atoms with Crippen LogP contribution >= 0.6 is 0 Å². The van der Waals surface area contributed by atoms with E-state index in [1.54, 1.807) is 19.1 Å². The van der Waals surface area contributed by atoms with Gasteiger partial charge in [0.25, 0.3) is 0 Å². The topological polar surface area (TPSA) is 60.7 Å². The highest BCUT2D eigenvalue weighted by atomic mass is 16.3. The summed E-state index contributed by atoms with van der Waals surface area (Å²) >= 11 is 0. The minimum absolute atomic E-state index is 0.0749. The summed E-state index contributed by atoms with van der Waals surface area (Å²) in [6, 6.07) is 7.06. The lowest BCUT2D eigenvalue weighted by atomic mass is 9.97. The molecule has 0 radical (unpaired) electrons. The number of rotatable bonds is 2. The lowest BCUT2D eigenvalue weighted by Crippen LogP contribution is -1.94. The van der Waals surface area contributed by atoms with Crippen molar-refractivity contribution in [3.63, 3.8) is 0 Å². The number of benzene rings is 2. The van der Waals surface area contributed by atoms with Gasteiger partial charge in [-0.25, -0.2) is 0 Å². The van der Waals surface area contributed by atoms with Crippen LogP contribution in [0.2, 0.25) is 0 Å². The normalized spacial score (nSPS) is 10.7. The number of aromatic hydroxyl groups is 3. The highest BCUT2D eigenvalue weighted by Gasteiger charge is 2.12. The standard InChI is InChI=1S/C16H18O3/c1-9-6-10(2)15(18)13(7-9)8-12-4-5-14(17)11(3)16(12)19/h4-7,17-19H,8H2,1-3H3. The number of hydrogen-bond acceptors (Lipinski definition) is 3. The number of hydrogen-bond donors (Lipinski definition) is 3. The molecule has 0 atom stereocenters. The SMILES string of the molecule is Cc1cc(C)c(O)c(Cc2ccc(O)c(C)c2O)c1. The van der Waals surface area contributed by atoms with Crippen LogP contribution in [-0.2, 0) is 6.42 Å². The maximum absolute atomic E-state index is 10.1. The van der Waals surface area contributed by atoms with Crippen molar-refractivity contribution in [2.75, 3.05) is 0 Å². The van der Waals surface area contributed by atoms with Crippen molar-refractivity contribution in [1.82, 2.24) is 0 Å². The molecule has 0 fully saturated rings. The zero-order valence-corrected chi connectivity index (χ0v) is 11.4. The molecule has 3 nitrogen and oxygen atoms in total.